The van der Waals surface area contributed by atoms with Gasteiger partial charge in [0.25, 0.3) is 0 Å². The second-order valence-electron chi connectivity index (χ2n) is 5.81. The largest absolute Gasteiger partial charge is 0.379 e. The topological polar surface area (TPSA) is 67.6 Å². The molecule has 2 aromatic rings. The molecule has 8 heteroatoms. The number of hydrogen-bond donors (Lipinski definition) is 2. The van der Waals surface area contributed by atoms with Gasteiger partial charge in [0.2, 0.25) is 5.91 Å². The summed E-state index contributed by atoms with van der Waals surface area (Å²) >= 11 is 1.72. The SMILES string of the molecule is Cl.Cl.NC(C(=O)NCC(c1cccs1)N1CCOCC1)c1ccccc1. The molecule has 0 spiro atoms. The highest BCUT2D eigenvalue weighted by Gasteiger charge is 2.25. The smallest absolute Gasteiger partial charge is 0.241 e. The van der Waals surface area contributed by atoms with Crippen LogP contribution in [0, 0.1) is 0 Å². The molecule has 1 aromatic heterocycles. The molecule has 26 heavy (non-hydrogen) atoms. The third-order valence-corrected chi connectivity index (χ3v) is 5.24. The van der Waals surface area contributed by atoms with Gasteiger partial charge in [-0.1, -0.05) is 36.4 Å². The fourth-order valence-corrected chi connectivity index (χ4v) is 3.76. The average molecular weight is 418 g/mol. The Kier molecular flexibility index (Phi) is 10.2. The average Bonchev–Trinajstić information content (AvgIpc) is 3.17. The van der Waals surface area contributed by atoms with Crippen LogP contribution in [0.15, 0.2) is 47.8 Å². The van der Waals surface area contributed by atoms with Crippen LogP contribution in [-0.2, 0) is 9.53 Å². The van der Waals surface area contributed by atoms with Gasteiger partial charge < -0.3 is 15.8 Å². The Bertz CT molecular complexity index is 637. The van der Waals surface area contributed by atoms with Crippen LogP contribution in [0.1, 0.15) is 22.5 Å². The summed E-state index contributed by atoms with van der Waals surface area (Å²) in [4.78, 5) is 16.0. The fraction of sp³-hybridized carbons (Fsp3) is 0.389. The van der Waals surface area contributed by atoms with Crippen molar-refractivity contribution < 1.29 is 9.53 Å². The number of hydrogen-bond acceptors (Lipinski definition) is 5. The lowest BCUT2D eigenvalue weighted by atomic mass is 10.1. The second kappa shape index (κ2) is 11.5. The lowest BCUT2D eigenvalue weighted by Crippen LogP contribution is -2.45. The molecular formula is C18H25Cl2N3O2S. The van der Waals surface area contributed by atoms with Crippen molar-refractivity contribution in [3.05, 3.63) is 58.3 Å². The van der Waals surface area contributed by atoms with E-state index in [9.17, 15) is 4.79 Å². The number of carbonyl (C=O) groups excluding carboxylic acids is 1. The molecule has 1 saturated heterocycles. The Morgan fingerprint density at radius 1 is 1.15 bits per heavy atom. The lowest BCUT2D eigenvalue weighted by molar-refractivity contribution is -0.122. The van der Waals surface area contributed by atoms with E-state index in [1.54, 1.807) is 11.3 Å². The maximum atomic E-state index is 12.4. The molecule has 1 amide bonds. The molecule has 2 heterocycles. The molecule has 0 aliphatic carbocycles. The first-order valence-electron chi connectivity index (χ1n) is 8.19. The van der Waals surface area contributed by atoms with E-state index >= 15 is 0 Å². The zero-order valence-electron chi connectivity index (χ0n) is 14.4. The van der Waals surface area contributed by atoms with Gasteiger partial charge in [-0.3, -0.25) is 9.69 Å². The predicted molar refractivity (Wildman–Crippen MR) is 110 cm³/mol. The van der Waals surface area contributed by atoms with E-state index < -0.39 is 6.04 Å². The maximum Gasteiger partial charge on any atom is 0.241 e. The van der Waals surface area contributed by atoms with Crippen molar-refractivity contribution in [3.63, 3.8) is 0 Å². The van der Waals surface area contributed by atoms with Crippen LogP contribution in [0.3, 0.4) is 0 Å². The van der Waals surface area contributed by atoms with Gasteiger partial charge >= 0.3 is 0 Å². The lowest BCUT2D eigenvalue weighted by Gasteiger charge is -2.34. The second-order valence-corrected chi connectivity index (χ2v) is 6.79. The minimum Gasteiger partial charge on any atom is -0.379 e. The van der Waals surface area contributed by atoms with Gasteiger partial charge in [0.1, 0.15) is 6.04 Å². The summed E-state index contributed by atoms with van der Waals surface area (Å²) in [6.07, 6.45) is 0. The number of nitrogens with one attached hydrogen (secondary N) is 1. The van der Waals surface area contributed by atoms with Crippen LogP contribution in [0.2, 0.25) is 0 Å². The number of morpholine rings is 1. The highest BCUT2D eigenvalue weighted by molar-refractivity contribution is 7.10. The number of carbonyl (C=O) groups is 1. The van der Waals surface area contributed by atoms with Gasteiger partial charge in [-0.25, -0.2) is 0 Å². The number of benzene rings is 1. The van der Waals surface area contributed by atoms with Crippen LogP contribution in [0.5, 0.6) is 0 Å². The number of amides is 1. The first-order chi connectivity index (χ1) is 11.8. The van der Waals surface area contributed by atoms with Crippen LogP contribution in [0.25, 0.3) is 0 Å². The summed E-state index contributed by atoms with van der Waals surface area (Å²) in [6.45, 7) is 3.78. The van der Waals surface area contributed by atoms with Crippen molar-refractivity contribution in [1.29, 1.82) is 0 Å². The van der Waals surface area contributed by atoms with Gasteiger partial charge in [-0.2, -0.15) is 0 Å². The van der Waals surface area contributed by atoms with Crippen LogP contribution in [0.4, 0.5) is 0 Å². The fourth-order valence-electron chi connectivity index (χ4n) is 2.90. The first-order valence-corrected chi connectivity index (χ1v) is 9.07. The highest BCUT2D eigenvalue weighted by Crippen LogP contribution is 2.25. The Morgan fingerprint density at radius 3 is 2.46 bits per heavy atom. The van der Waals surface area contributed by atoms with Gasteiger partial charge in [0.15, 0.2) is 0 Å². The zero-order valence-corrected chi connectivity index (χ0v) is 16.8. The quantitative estimate of drug-likeness (QED) is 0.757. The summed E-state index contributed by atoms with van der Waals surface area (Å²) in [5.41, 5.74) is 6.91. The Balaban J connectivity index is 0.00000169. The number of rotatable bonds is 6. The molecule has 3 rings (SSSR count). The third kappa shape index (κ3) is 5.94. The van der Waals surface area contributed by atoms with Gasteiger partial charge in [0.05, 0.1) is 19.3 Å². The van der Waals surface area contributed by atoms with Crippen LogP contribution < -0.4 is 11.1 Å². The number of halogens is 2. The molecule has 0 radical (unpaired) electrons. The number of nitrogens with two attached hydrogens (primary N) is 1. The summed E-state index contributed by atoms with van der Waals surface area (Å²) in [5, 5.41) is 5.10. The number of nitrogens with zero attached hydrogens (tertiary/aromatic N) is 1. The van der Waals surface area contributed by atoms with Crippen LogP contribution >= 0.6 is 36.2 Å². The van der Waals surface area contributed by atoms with E-state index in [0.717, 1.165) is 31.9 Å². The van der Waals surface area contributed by atoms with E-state index in [-0.39, 0.29) is 36.8 Å². The van der Waals surface area contributed by atoms with E-state index in [1.165, 1.54) is 4.88 Å². The van der Waals surface area contributed by atoms with Crippen molar-refractivity contribution in [1.82, 2.24) is 10.2 Å². The monoisotopic (exact) mass is 417 g/mol. The number of ether oxygens (including phenoxy) is 1. The molecule has 1 aliphatic rings. The standard InChI is InChI=1S/C18H23N3O2S.2ClH/c19-17(14-5-2-1-3-6-14)18(22)20-13-15(16-7-4-12-24-16)21-8-10-23-11-9-21;;/h1-7,12,15,17H,8-11,13,19H2,(H,20,22);2*1H. The molecule has 5 nitrogen and oxygen atoms in total. The minimum absolute atomic E-state index is 0. The molecule has 0 saturated carbocycles. The zero-order chi connectivity index (χ0) is 16.8. The molecule has 1 aromatic carbocycles. The van der Waals surface area contributed by atoms with E-state index in [0.29, 0.717) is 6.54 Å². The molecule has 144 valence electrons. The summed E-state index contributed by atoms with van der Waals surface area (Å²) in [6, 6.07) is 13.2. The predicted octanol–water partition coefficient (Wildman–Crippen LogP) is 2.78. The van der Waals surface area contributed by atoms with E-state index in [4.69, 9.17) is 10.5 Å². The Hall–Kier alpha value is -1.15. The summed E-state index contributed by atoms with van der Waals surface area (Å²) in [5.74, 6) is -0.143. The van der Waals surface area contributed by atoms with Gasteiger partial charge in [0, 0.05) is 24.5 Å². The normalized spacial score (nSPS) is 16.7. The Morgan fingerprint density at radius 2 is 1.85 bits per heavy atom. The van der Waals surface area contributed by atoms with Gasteiger partial charge in [-0.15, -0.1) is 36.2 Å². The van der Waals surface area contributed by atoms with Crippen LogP contribution in [-0.4, -0.2) is 43.7 Å². The highest BCUT2D eigenvalue weighted by atomic mass is 35.5. The van der Waals surface area contributed by atoms with Crippen molar-refractivity contribution in [2.45, 2.75) is 12.1 Å². The number of thiophene rings is 1. The maximum absolute atomic E-state index is 12.4. The molecular weight excluding hydrogens is 393 g/mol. The van der Waals surface area contributed by atoms with Crippen molar-refractivity contribution >= 4 is 42.1 Å². The van der Waals surface area contributed by atoms with Crippen molar-refractivity contribution in [2.24, 2.45) is 5.73 Å². The summed E-state index contributed by atoms with van der Waals surface area (Å²) < 4.78 is 5.44. The van der Waals surface area contributed by atoms with E-state index in [2.05, 4.69) is 21.7 Å². The van der Waals surface area contributed by atoms with E-state index in [1.807, 2.05) is 36.4 Å². The molecule has 2 unspecified atom stereocenters. The minimum atomic E-state index is -0.639. The molecule has 2 atom stereocenters. The summed E-state index contributed by atoms with van der Waals surface area (Å²) in [7, 11) is 0. The molecule has 1 aliphatic heterocycles. The third-order valence-electron chi connectivity index (χ3n) is 4.27. The molecule has 0 bridgehead atoms. The molecule has 3 N–H and O–H groups in total. The molecule has 1 fully saturated rings. The van der Waals surface area contributed by atoms with Crippen molar-refractivity contribution in [3.8, 4) is 0 Å². The van der Waals surface area contributed by atoms with Crippen molar-refractivity contribution in [2.75, 3.05) is 32.8 Å². The van der Waals surface area contributed by atoms with Gasteiger partial charge in [-0.05, 0) is 17.0 Å². The Labute approximate surface area is 170 Å². The first kappa shape index (κ1) is 22.9.